The van der Waals surface area contributed by atoms with E-state index in [0.717, 1.165) is 24.1 Å². The maximum Gasteiger partial charge on any atom is 0.284 e. The van der Waals surface area contributed by atoms with Crippen LogP contribution in [0.1, 0.15) is 37.4 Å². The molecule has 1 saturated carbocycles. The molecule has 1 N–H and O–H groups in total. The largest absolute Gasteiger partial charge is 0.323 e. The summed E-state index contributed by atoms with van der Waals surface area (Å²) in [6.07, 6.45) is 2.05. The van der Waals surface area contributed by atoms with Crippen LogP contribution in [0.25, 0.3) is 0 Å². The van der Waals surface area contributed by atoms with Gasteiger partial charge in [0, 0.05) is 11.6 Å². The molecule has 1 heterocycles. The molecule has 1 fully saturated rings. The minimum Gasteiger partial charge on any atom is -0.323 e. The molecular weight excluding hydrogens is 193 g/mol. The highest BCUT2D eigenvalue weighted by atomic mass is 19.1. The van der Waals surface area contributed by atoms with Crippen LogP contribution in [0.2, 0.25) is 0 Å². The van der Waals surface area contributed by atoms with Crippen molar-refractivity contribution in [2.75, 3.05) is 0 Å². The molecule has 3 heteroatoms. The van der Waals surface area contributed by atoms with Gasteiger partial charge in [-0.2, -0.15) is 0 Å². The summed E-state index contributed by atoms with van der Waals surface area (Å²) in [6.45, 7) is 4.47. The van der Waals surface area contributed by atoms with Crippen LogP contribution in [0.15, 0.2) is 10.9 Å². The SMILES string of the molecule is CC1(C)[C@H]2Cc3cc(F)c(=O)[nH]c3[C@@H]1C2. The fourth-order valence-electron chi connectivity index (χ4n) is 3.16. The van der Waals surface area contributed by atoms with Crippen LogP contribution in [0.5, 0.6) is 0 Å². The minimum atomic E-state index is -0.646. The lowest BCUT2D eigenvalue weighted by Gasteiger charge is -2.56. The lowest BCUT2D eigenvalue weighted by Crippen LogP contribution is -2.49. The molecule has 3 aliphatic carbocycles. The third-order valence-corrected chi connectivity index (χ3v) is 4.40. The minimum absolute atomic E-state index is 0.272. The highest BCUT2D eigenvalue weighted by Gasteiger charge is 2.53. The molecule has 4 rings (SSSR count). The van der Waals surface area contributed by atoms with Crippen molar-refractivity contribution in [1.29, 1.82) is 0 Å². The maximum absolute atomic E-state index is 13.1. The first kappa shape index (κ1) is 9.13. The standard InChI is InChI=1S/C12H14FNO/c1-12(2)7-3-6-4-9(13)11(15)14-10(6)8(12)5-7/h4,7-8H,3,5H2,1-2H3,(H,14,15)/t7-,8-/m0/s1. The fraction of sp³-hybridized carbons (Fsp3) is 0.583. The van der Waals surface area contributed by atoms with Gasteiger partial charge < -0.3 is 4.98 Å². The van der Waals surface area contributed by atoms with Crippen molar-refractivity contribution < 1.29 is 4.39 Å². The van der Waals surface area contributed by atoms with Crippen molar-refractivity contribution in [3.05, 3.63) is 33.5 Å². The van der Waals surface area contributed by atoms with E-state index in [-0.39, 0.29) is 5.41 Å². The Morgan fingerprint density at radius 3 is 2.93 bits per heavy atom. The highest BCUT2D eigenvalue weighted by Crippen LogP contribution is 2.61. The zero-order chi connectivity index (χ0) is 10.8. The van der Waals surface area contributed by atoms with Gasteiger partial charge in [0.2, 0.25) is 0 Å². The van der Waals surface area contributed by atoms with Gasteiger partial charge in [0.25, 0.3) is 5.56 Å². The summed E-state index contributed by atoms with van der Waals surface area (Å²) in [6, 6.07) is 1.42. The number of halogens is 1. The predicted octanol–water partition coefficient (Wildman–Crippen LogP) is 2.20. The quantitative estimate of drug-likeness (QED) is 0.695. The Bertz CT molecular complexity index is 489. The lowest BCUT2D eigenvalue weighted by atomic mass is 9.48. The van der Waals surface area contributed by atoms with Crippen molar-refractivity contribution in [2.45, 2.75) is 32.6 Å². The van der Waals surface area contributed by atoms with Crippen molar-refractivity contribution >= 4 is 0 Å². The second-order valence-corrected chi connectivity index (χ2v) is 5.40. The first-order valence-corrected chi connectivity index (χ1v) is 5.41. The molecule has 0 unspecified atom stereocenters. The molecule has 2 bridgehead atoms. The molecule has 2 nitrogen and oxygen atoms in total. The summed E-state index contributed by atoms with van der Waals surface area (Å²) in [4.78, 5) is 13.9. The Kier molecular flexibility index (Phi) is 1.53. The molecule has 2 atom stereocenters. The average Bonchev–Trinajstić information content (AvgIpc) is 2.18. The van der Waals surface area contributed by atoms with Crippen molar-refractivity contribution in [2.24, 2.45) is 11.3 Å². The van der Waals surface area contributed by atoms with Crippen molar-refractivity contribution in [3.8, 4) is 0 Å². The Morgan fingerprint density at radius 1 is 1.53 bits per heavy atom. The van der Waals surface area contributed by atoms with Crippen molar-refractivity contribution in [3.63, 3.8) is 0 Å². The van der Waals surface area contributed by atoms with E-state index in [1.54, 1.807) is 0 Å². The fourth-order valence-corrected chi connectivity index (χ4v) is 3.16. The lowest BCUT2D eigenvalue weighted by molar-refractivity contribution is 0.0151. The van der Waals surface area contributed by atoms with E-state index in [0.29, 0.717) is 11.8 Å². The van der Waals surface area contributed by atoms with Gasteiger partial charge in [0.1, 0.15) is 0 Å². The summed E-state index contributed by atoms with van der Waals surface area (Å²) in [5, 5.41) is 0. The molecule has 15 heavy (non-hydrogen) atoms. The van der Waals surface area contributed by atoms with Gasteiger partial charge >= 0.3 is 0 Å². The Balaban J connectivity index is 2.18. The molecule has 0 aromatic carbocycles. The van der Waals surface area contributed by atoms with Gasteiger partial charge in [-0.15, -0.1) is 0 Å². The first-order valence-electron chi connectivity index (χ1n) is 5.41. The first-order chi connectivity index (χ1) is 7.00. The summed E-state index contributed by atoms with van der Waals surface area (Å²) in [5.74, 6) is 0.424. The van der Waals surface area contributed by atoms with Crippen LogP contribution in [-0.2, 0) is 6.42 Å². The van der Waals surface area contributed by atoms with Crippen LogP contribution in [0.4, 0.5) is 4.39 Å². The van der Waals surface area contributed by atoms with E-state index in [9.17, 15) is 9.18 Å². The Morgan fingerprint density at radius 2 is 2.27 bits per heavy atom. The van der Waals surface area contributed by atoms with Gasteiger partial charge in [-0.1, -0.05) is 13.8 Å². The Hall–Kier alpha value is -1.12. The molecule has 0 saturated heterocycles. The third kappa shape index (κ3) is 1.01. The number of pyridine rings is 1. The molecule has 80 valence electrons. The van der Waals surface area contributed by atoms with E-state index >= 15 is 0 Å². The monoisotopic (exact) mass is 207 g/mol. The summed E-state index contributed by atoms with van der Waals surface area (Å²) < 4.78 is 13.1. The zero-order valence-electron chi connectivity index (χ0n) is 8.93. The third-order valence-electron chi connectivity index (χ3n) is 4.40. The molecule has 0 amide bonds. The second-order valence-electron chi connectivity index (χ2n) is 5.40. The van der Waals surface area contributed by atoms with Gasteiger partial charge in [0.05, 0.1) is 0 Å². The molecule has 0 spiro atoms. The number of aromatic amines is 1. The van der Waals surface area contributed by atoms with Gasteiger partial charge in [-0.3, -0.25) is 4.79 Å². The zero-order valence-corrected chi connectivity index (χ0v) is 8.93. The molecule has 0 aliphatic heterocycles. The Labute approximate surface area is 87.5 Å². The molecule has 3 aliphatic rings. The van der Waals surface area contributed by atoms with Gasteiger partial charge in [-0.05, 0) is 35.8 Å². The van der Waals surface area contributed by atoms with Crippen molar-refractivity contribution in [1.82, 2.24) is 4.98 Å². The van der Waals surface area contributed by atoms with Crippen LogP contribution < -0.4 is 5.56 Å². The molecule has 1 aromatic rings. The number of aromatic nitrogens is 1. The van der Waals surface area contributed by atoms with Crippen LogP contribution in [0.3, 0.4) is 0 Å². The summed E-state index contributed by atoms with van der Waals surface area (Å²) in [7, 11) is 0. The van der Waals surface area contributed by atoms with E-state index in [2.05, 4.69) is 18.8 Å². The van der Waals surface area contributed by atoms with E-state index in [1.165, 1.54) is 6.07 Å². The number of H-pyrrole nitrogens is 1. The number of nitrogens with one attached hydrogen (secondary N) is 1. The molecule has 1 aromatic heterocycles. The maximum atomic E-state index is 13.1. The van der Waals surface area contributed by atoms with E-state index in [1.807, 2.05) is 0 Å². The predicted molar refractivity (Wildman–Crippen MR) is 55.4 cm³/mol. The smallest absolute Gasteiger partial charge is 0.284 e. The van der Waals surface area contributed by atoms with Crippen LogP contribution in [-0.4, -0.2) is 4.98 Å². The van der Waals surface area contributed by atoms with E-state index in [4.69, 9.17) is 0 Å². The van der Waals surface area contributed by atoms with E-state index < -0.39 is 11.4 Å². The number of hydrogen-bond acceptors (Lipinski definition) is 1. The molecule has 0 radical (unpaired) electrons. The average molecular weight is 207 g/mol. The topological polar surface area (TPSA) is 32.9 Å². The summed E-state index contributed by atoms with van der Waals surface area (Å²) >= 11 is 0. The van der Waals surface area contributed by atoms with Crippen LogP contribution in [0, 0.1) is 17.2 Å². The van der Waals surface area contributed by atoms with Crippen LogP contribution >= 0.6 is 0 Å². The normalized spacial score (nSPS) is 30.6. The highest BCUT2D eigenvalue weighted by molar-refractivity contribution is 5.34. The number of hydrogen-bond donors (Lipinski definition) is 1. The van der Waals surface area contributed by atoms with Gasteiger partial charge in [0.15, 0.2) is 5.82 Å². The second kappa shape index (κ2) is 2.52. The van der Waals surface area contributed by atoms with Gasteiger partial charge in [-0.25, -0.2) is 4.39 Å². The molecular formula is C12H14FNO. The number of rotatable bonds is 0. The summed E-state index contributed by atoms with van der Waals surface area (Å²) in [5.41, 5.74) is 1.68.